The number of anilines is 1. The summed E-state index contributed by atoms with van der Waals surface area (Å²) in [6, 6.07) is 9.38. The molecule has 0 fully saturated rings. The summed E-state index contributed by atoms with van der Waals surface area (Å²) in [5.41, 5.74) is -0.531. The van der Waals surface area contributed by atoms with Crippen LogP contribution in [0.3, 0.4) is 0 Å². The summed E-state index contributed by atoms with van der Waals surface area (Å²) in [7, 11) is 0. The van der Waals surface area contributed by atoms with Gasteiger partial charge < -0.3 is 15.4 Å². The molecule has 0 saturated heterocycles. The number of carbonyl (C=O) groups excluding carboxylic acids is 3. The van der Waals surface area contributed by atoms with Crippen LogP contribution in [0, 0.1) is 11.7 Å². The molecule has 2 aromatic rings. The van der Waals surface area contributed by atoms with Gasteiger partial charge in [-0.05, 0) is 58.0 Å². The highest BCUT2D eigenvalue weighted by atomic mass is 35.5. The first-order chi connectivity index (χ1) is 14.4. The maximum atomic E-state index is 14.1. The molecule has 2 amide bonds. The van der Waals surface area contributed by atoms with Crippen LogP contribution in [-0.4, -0.2) is 29.4 Å². The number of rotatable bonds is 6. The van der Waals surface area contributed by atoms with Crippen LogP contribution in [0.15, 0.2) is 42.5 Å². The SMILES string of the molecule is C[C@H](NC(=O)OC(C)(C)C)[C@H](C)C(=O)Nc1cc(Cl)ccc1C(=O)c1ccccc1F. The number of nitrogens with one attached hydrogen (secondary N) is 2. The third-order valence-electron chi connectivity index (χ3n) is 4.51. The van der Waals surface area contributed by atoms with Crippen molar-refractivity contribution in [1.29, 1.82) is 0 Å². The van der Waals surface area contributed by atoms with Crippen molar-refractivity contribution >= 4 is 35.1 Å². The van der Waals surface area contributed by atoms with Crippen molar-refractivity contribution in [1.82, 2.24) is 5.32 Å². The Hall–Kier alpha value is -2.93. The van der Waals surface area contributed by atoms with Gasteiger partial charge in [0.15, 0.2) is 5.78 Å². The molecule has 166 valence electrons. The normalized spacial score (nSPS) is 13.1. The van der Waals surface area contributed by atoms with Crippen molar-refractivity contribution < 1.29 is 23.5 Å². The highest BCUT2D eigenvalue weighted by Gasteiger charge is 2.26. The second kappa shape index (κ2) is 9.92. The molecule has 0 aliphatic carbocycles. The summed E-state index contributed by atoms with van der Waals surface area (Å²) in [6.45, 7) is 8.50. The number of alkyl carbamates (subject to hydrolysis) is 1. The van der Waals surface area contributed by atoms with E-state index in [4.69, 9.17) is 16.3 Å². The number of hydrogen-bond donors (Lipinski definition) is 2. The lowest BCUT2D eigenvalue weighted by Crippen LogP contribution is -2.44. The van der Waals surface area contributed by atoms with E-state index in [9.17, 15) is 18.8 Å². The predicted octanol–water partition coefficient (Wildman–Crippen LogP) is 5.20. The Morgan fingerprint density at radius 1 is 1.03 bits per heavy atom. The first-order valence-corrected chi connectivity index (χ1v) is 10.2. The summed E-state index contributed by atoms with van der Waals surface area (Å²) in [5.74, 6) is -2.36. The van der Waals surface area contributed by atoms with Crippen LogP contribution in [0.4, 0.5) is 14.9 Å². The van der Waals surface area contributed by atoms with Gasteiger partial charge in [0.05, 0.1) is 17.2 Å². The Balaban J connectivity index is 2.19. The lowest BCUT2D eigenvalue weighted by atomic mass is 9.99. The number of ether oxygens (including phenoxy) is 1. The van der Waals surface area contributed by atoms with Gasteiger partial charge in [-0.1, -0.05) is 30.7 Å². The van der Waals surface area contributed by atoms with E-state index in [1.54, 1.807) is 40.7 Å². The quantitative estimate of drug-likeness (QED) is 0.595. The molecule has 0 aliphatic rings. The molecule has 0 heterocycles. The van der Waals surface area contributed by atoms with Gasteiger partial charge in [0.1, 0.15) is 11.4 Å². The van der Waals surface area contributed by atoms with Crippen LogP contribution in [0.25, 0.3) is 0 Å². The fourth-order valence-corrected chi connectivity index (χ4v) is 2.87. The molecule has 0 unspecified atom stereocenters. The van der Waals surface area contributed by atoms with Crippen molar-refractivity contribution in [3.05, 3.63) is 64.4 Å². The Morgan fingerprint density at radius 3 is 2.29 bits per heavy atom. The van der Waals surface area contributed by atoms with Crippen molar-refractivity contribution in [2.75, 3.05) is 5.32 Å². The van der Waals surface area contributed by atoms with Crippen LogP contribution in [0.1, 0.15) is 50.5 Å². The average molecular weight is 449 g/mol. The van der Waals surface area contributed by atoms with Gasteiger partial charge >= 0.3 is 6.09 Å². The van der Waals surface area contributed by atoms with Crippen LogP contribution in [0.5, 0.6) is 0 Å². The number of ketones is 1. The third-order valence-corrected chi connectivity index (χ3v) is 4.75. The van der Waals surface area contributed by atoms with E-state index in [1.807, 2.05) is 0 Å². The van der Waals surface area contributed by atoms with E-state index < -0.39 is 41.2 Å². The van der Waals surface area contributed by atoms with Crippen molar-refractivity contribution in [3.8, 4) is 0 Å². The summed E-state index contributed by atoms with van der Waals surface area (Å²) in [4.78, 5) is 37.6. The minimum absolute atomic E-state index is 0.0998. The molecule has 2 N–H and O–H groups in total. The topological polar surface area (TPSA) is 84.5 Å². The maximum Gasteiger partial charge on any atom is 0.407 e. The van der Waals surface area contributed by atoms with E-state index in [0.717, 1.165) is 0 Å². The number of amides is 2. The van der Waals surface area contributed by atoms with Crippen LogP contribution in [-0.2, 0) is 9.53 Å². The monoisotopic (exact) mass is 448 g/mol. The zero-order valence-electron chi connectivity index (χ0n) is 18.1. The van der Waals surface area contributed by atoms with Gasteiger partial charge in [-0.2, -0.15) is 0 Å². The van der Waals surface area contributed by atoms with Gasteiger partial charge in [-0.3, -0.25) is 9.59 Å². The van der Waals surface area contributed by atoms with Gasteiger partial charge in [-0.25, -0.2) is 9.18 Å². The van der Waals surface area contributed by atoms with Gasteiger partial charge in [0.2, 0.25) is 5.91 Å². The van der Waals surface area contributed by atoms with Crippen LogP contribution >= 0.6 is 11.6 Å². The molecule has 2 aromatic carbocycles. The molecule has 2 rings (SSSR count). The predicted molar refractivity (Wildman–Crippen MR) is 118 cm³/mol. The zero-order valence-corrected chi connectivity index (χ0v) is 18.8. The first-order valence-electron chi connectivity index (χ1n) is 9.78. The fourth-order valence-electron chi connectivity index (χ4n) is 2.70. The molecule has 8 heteroatoms. The summed E-state index contributed by atoms with van der Waals surface area (Å²) >= 11 is 6.04. The molecule has 0 bridgehead atoms. The molecule has 0 saturated carbocycles. The zero-order chi connectivity index (χ0) is 23.3. The van der Waals surface area contributed by atoms with E-state index in [0.29, 0.717) is 5.02 Å². The Bertz CT molecular complexity index is 988. The second-order valence-corrected chi connectivity index (χ2v) is 8.65. The van der Waals surface area contributed by atoms with Crippen molar-refractivity contribution in [3.63, 3.8) is 0 Å². The third kappa shape index (κ3) is 6.79. The number of hydrogen-bond acceptors (Lipinski definition) is 4. The highest BCUT2D eigenvalue weighted by Crippen LogP contribution is 2.25. The number of carbonyl (C=O) groups is 3. The summed E-state index contributed by atoms with van der Waals surface area (Å²) in [6.07, 6.45) is -0.641. The first kappa shape index (κ1) is 24.3. The highest BCUT2D eigenvalue weighted by molar-refractivity contribution is 6.31. The average Bonchev–Trinajstić information content (AvgIpc) is 2.65. The molecule has 0 radical (unpaired) electrons. The van der Waals surface area contributed by atoms with Gasteiger partial charge in [0, 0.05) is 16.6 Å². The number of halogens is 2. The maximum absolute atomic E-state index is 14.1. The fraction of sp³-hybridized carbons (Fsp3) is 0.348. The van der Waals surface area contributed by atoms with E-state index >= 15 is 0 Å². The lowest BCUT2D eigenvalue weighted by Gasteiger charge is -2.24. The van der Waals surface area contributed by atoms with Crippen molar-refractivity contribution in [2.45, 2.75) is 46.3 Å². The lowest BCUT2D eigenvalue weighted by molar-refractivity contribution is -0.120. The largest absolute Gasteiger partial charge is 0.444 e. The molecule has 6 nitrogen and oxygen atoms in total. The number of benzene rings is 2. The molecule has 2 atom stereocenters. The minimum Gasteiger partial charge on any atom is -0.444 e. The van der Waals surface area contributed by atoms with E-state index in [-0.39, 0.29) is 16.8 Å². The Labute approximate surface area is 186 Å². The molecule has 31 heavy (non-hydrogen) atoms. The Morgan fingerprint density at radius 2 is 1.68 bits per heavy atom. The summed E-state index contributed by atoms with van der Waals surface area (Å²) < 4.78 is 19.3. The van der Waals surface area contributed by atoms with Crippen molar-refractivity contribution in [2.24, 2.45) is 5.92 Å². The minimum atomic E-state index is -0.669. The standard InChI is InChI=1S/C23H26ClFN2O4/c1-13(14(2)26-22(30)31-23(3,4)5)21(29)27-19-12-15(24)10-11-17(19)20(28)16-8-6-7-9-18(16)25/h6-14H,1-5H3,(H,26,30)(H,27,29)/t13-,14-/m0/s1. The van der Waals surface area contributed by atoms with E-state index in [2.05, 4.69) is 10.6 Å². The van der Waals surface area contributed by atoms with E-state index in [1.165, 1.54) is 36.4 Å². The van der Waals surface area contributed by atoms with Gasteiger partial charge in [-0.15, -0.1) is 0 Å². The molecule has 0 aliphatic heterocycles. The second-order valence-electron chi connectivity index (χ2n) is 8.21. The molecular formula is C23H26ClFN2O4. The molecule has 0 spiro atoms. The Kier molecular flexibility index (Phi) is 7.79. The van der Waals surface area contributed by atoms with Gasteiger partial charge in [0.25, 0.3) is 0 Å². The van der Waals surface area contributed by atoms with Crippen LogP contribution < -0.4 is 10.6 Å². The summed E-state index contributed by atoms with van der Waals surface area (Å²) in [5, 5.41) is 5.58. The molecular weight excluding hydrogens is 423 g/mol. The smallest absolute Gasteiger partial charge is 0.407 e. The van der Waals surface area contributed by atoms with Crippen LogP contribution in [0.2, 0.25) is 5.02 Å². The molecule has 0 aromatic heterocycles.